The summed E-state index contributed by atoms with van der Waals surface area (Å²) in [4.78, 5) is 12.2. The minimum atomic E-state index is -0.457. The maximum absolute atomic E-state index is 12.9. The van der Waals surface area contributed by atoms with Crippen molar-refractivity contribution in [3.05, 3.63) is 35.6 Å². The van der Waals surface area contributed by atoms with Crippen molar-refractivity contribution < 1.29 is 13.9 Å². The Kier molecular flexibility index (Phi) is 3.97. The fraction of sp³-hybridized carbons (Fsp3) is 0.500. The van der Waals surface area contributed by atoms with Crippen LogP contribution in [0.5, 0.6) is 0 Å². The first-order valence-electron chi connectivity index (χ1n) is 6.22. The SMILES string of the molecule is COCCNC(=O)C1(c2ccc(F)cc2)CCC1. The molecule has 0 unspecified atom stereocenters. The molecule has 1 aromatic rings. The van der Waals surface area contributed by atoms with Crippen LogP contribution in [0.1, 0.15) is 24.8 Å². The lowest BCUT2D eigenvalue weighted by atomic mass is 9.64. The Morgan fingerprint density at radius 1 is 1.39 bits per heavy atom. The molecule has 2 rings (SSSR count). The molecule has 0 aromatic heterocycles. The predicted octanol–water partition coefficient (Wildman–Crippen LogP) is 2.01. The van der Waals surface area contributed by atoms with Gasteiger partial charge >= 0.3 is 0 Å². The molecule has 0 spiro atoms. The van der Waals surface area contributed by atoms with Crippen LogP contribution in [0.15, 0.2) is 24.3 Å². The van der Waals surface area contributed by atoms with E-state index in [1.54, 1.807) is 19.2 Å². The molecule has 18 heavy (non-hydrogen) atoms. The quantitative estimate of drug-likeness (QED) is 0.813. The van der Waals surface area contributed by atoms with E-state index in [1.165, 1.54) is 12.1 Å². The average Bonchev–Trinajstić information content (AvgIpc) is 2.30. The maximum atomic E-state index is 12.9. The summed E-state index contributed by atoms with van der Waals surface area (Å²) in [6.07, 6.45) is 2.70. The zero-order valence-corrected chi connectivity index (χ0v) is 10.5. The van der Waals surface area contributed by atoms with Gasteiger partial charge in [-0.3, -0.25) is 4.79 Å². The Morgan fingerprint density at radius 3 is 2.56 bits per heavy atom. The molecule has 1 amide bonds. The number of rotatable bonds is 5. The van der Waals surface area contributed by atoms with Crippen LogP contribution in [0.4, 0.5) is 4.39 Å². The number of carbonyl (C=O) groups excluding carboxylic acids is 1. The van der Waals surface area contributed by atoms with E-state index < -0.39 is 5.41 Å². The van der Waals surface area contributed by atoms with Gasteiger partial charge in [-0.1, -0.05) is 18.6 Å². The highest BCUT2D eigenvalue weighted by Gasteiger charge is 2.45. The maximum Gasteiger partial charge on any atom is 0.230 e. The van der Waals surface area contributed by atoms with Crippen molar-refractivity contribution >= 4 is 5.91 Å². The van der Waals surface area contributed by atoms with Crippen molar-refractivity contribution in [2.75, 3.05) is 20.3 Å². The zero-order chi connectivity index (χ0) is 13.0. The third kappa shape index (κ3) is 2.38. The van der Waals surface area contributed by atoms with Gasteiger partial charge in [0.1, 0.15) is 5.82 Å². The molecule has 0 saturated heterocycles. The van der Waals surface area contributed by atoms with Crippen molar-refractivity contribution in [2.24, 2.45) is 0 Å². The topological polar surface area (TPSA) is 38.3 Å². The third-order valence-electron chi connectivity index (χ3n) is 3.63. The molecule has 98 valence electrons. The van der Waals surface area contributed by atoms with E-state index in [4.69, 9.17) is 4.74 Å². The first-order chi connectivity index (χ1) is 8.69. The Hall–Kier alpha value is -1.42. The van der Waals surface area contributed by atoms with Gasteiger partial charge in [0.25, 0.3) is 0 Å². The van der Waals surface area contributed by atoms with Crippen LogP contribution in [0, 0.1) is 5.82 Å². The second-order valence-corrected chi connectivity index (χ2v) is 4.69. The van der Waals surface area contributed by atoms with Gasteiger partial charge in [0.2, 0.25) is 5.91 Å². The van der Waals surface area contributed by atoms with E-state index in [0.717, 1.165) is 24.8 Å². The molecule has 0 heterocycles. The van der Waals surface area contributed by atoms with Crippen LogP contribution in [0.3, 0.4) is 0 Å². The molecule has 1 saturated carbocycles. The lowest BCUT2D eigenvalue weighted by molar-refractivity contribution is -0.130. The number of nitrogens with one attached hydrogen (secondary N) is 1. The summed E-state index contributed by atoms with van der Waals surface area (Å²) in [6.45, 7) is 1.02. The van der Waals surface area contributed by atoms with Crippen LogP contribution in [0.2, 0.25) is 0 Å². The van der Waals surface area contributed by atoms with E-state index in [9.17, 15) is 9.18 Å². The second kappa shape index (κ2) is 5.48. The standard InChI is InChI=1S/C14H18FNO2/c1-18-10-9-16-13(17)14(7-2-8-14)11-3-5-12(15)6-4-11/h3-6H,2,7-10H2,1H3,(H,16,17). The molecule has 1 aliphatic rings. The van der Waals surface area contributed by atoms with Gasteiger partial charge in [-0.05, 0) is 30.5 Å². The summed E-state index contributed by atoms with van der Waals surface area (Å²) in [7, 11) is 1.60. The van der Waals surface area contributed by atoms with Crippen LogP contribution in [-0.4, -0.2) is 26.2 Å². The summed E-state index contributed by atoms with van der Waals surface area (Å²) in [6, 6.07) is 6.25. The van der Waals surface area contributed by atoms with E-state index in [-0.39, 0.29) is 11.7 Å². The van der Waals surface area contributed by atoms with Crippen molar-refractivity contribution in [3.8, 4) is 0 Å². The Bertz CT molecular complexity index is 412. The summed E-state index contributed by atoms with van der Waals surface area (Å²) in [5.41, 5.74) is 0.451. The van der Waals surface area contributed by atoms with E-state index in [2.05, 4.69) is 5.32 Å². The van der Waals surface area contributed by atoms with Crippen LogP contribution in [-0.2, 0) is 14.9 Å². The number of hydrogen-bond acceptors (Lipinski definition) is 2. The van der Waals surface area contributed by atoms with Crippen molar-refractivity contribution in [3.63, 3.8) is 0 Å². The predicted molar refractivity (Wildman–Crippen MR) is 66.8 cm³/mol. The molecule has 4 heteroatoms. The monoisotopic (exact) mass is 251 g/mol. The number of benzene rings is 1. The molecule has 0 aliphatic heterocycles. The van der Waals surface area contributed by atoms with Crippen molar-refractivity contribution in [1.82, 2.24) is 5.32 Å². The van der Waals surface area contributed by atoms with Crippen LogP contribution >= 0.6 is 0 Å². The molecule has 0 bridgehead atoms. The van der Waals surface area contributed by atoms with Crippen molar-refractivity contribution in [1.29, 1.82) is 0 Å². The lowest BCUT2D eigenvalue weighted by Crippen LogP contribution is -2.49. The van der Waals surface area contributed by atoms with Gasteiger partial charge in [0.15, 0.2) is 0 Å². The normalized spacial score (nSPS) is 17.0. The Balaban J connectivity index is 2.10. The van der Waals surface area contributed by atoms with Gasteiger partial charge in [-0.2, -0.15) is 0 Å². The number of amides is 1. The van der Waals surface area contributed by atoms with E-state index >= 15 is 0 Å². The lowest BCUT2D eigenvalue weighted by Gasteiger charge is -2.40. The molecule has 0 atom stereocenters. The highest BCUT2D eigenvalue weighted by atomic mass is 19.1. The molecule has 1 aromatic carbocycles. The fourth-order valence-corrected chi connectivity index (χ4v) is 2.38. The van der Waals surface area contributed by atoms with Gasteiger partial charge in [0, 0.05) is 13.7 Å². The fourth-order valence-electron chi connectivity index (χ4n) is 2.38. The minimum Gasteiger partial charge on any atom is -0.383 e. The van der Waals surface area contributed by atoms with Gasteiger partial charge in [0.05, 0.1) is 12.0 Å². The second-order valence-electron chi connectivity index (χ2n) is 4.69. The molecule has 0 radical (unpaired) electrons. The van der Waals surface area contributed by atoms with Crippen LogP contribution < -0.4 is 5.32 Å². The van der Waals surface area contributed by atoms with E-state index in [0.29, 0.717) is 13.2 Å². The summed E-state index contributed by atoms with van der Waals surface area (Å²) < 4.78 is 17.8. The average molecular weight is 251 g/mol. The van der Waals surface area contributed by atoms with Gasteiger partial charge < -0.3 is 10.1 Å². The van der Waals surface area contributed by atoms with Crippen LogP contribution in [0.25, 0.3) is 0 Å². The number of hydrogen-bond donors (Lipinski definition) is 1. The number of methoxy groups -OCH3 is 1. The number of halogens is 1. The third-order valence-corrected chi connectivity index (χ3v) is 3.63. The number of ether oxygens (including phenoxy) is 1. The summed E-state index contributed by atoms with van der Waals surface area (Å²) >= 11 is 0. The minimum absolute atomic E-state index is 0.0254. The Labute approximate surface area is 106 Å². The number of carbonyl (C=O) groups is 1. The molecule has 1 N–H and O–H groups in total. The van der Waals surface area contributed by atoms with Crippen molar-refractivity contribution in [2.45, 2.75) is 24.7 Å². The first kappa shape index (κ1) is 13.0. The smallest absolute Gasteiger partial charge is 0.230 e. The van der Waals surface area contributed by atoms with E-state index in [1.807, 2.05) is 0 Å². The molecule has 3 nitrogen and oxygen atoms in total. The molecular weight excluding hydrogens is 233 g/mol. The summed E-state index contributed by atoms with van der Waals surface area (Å²) in [5, 5.41) is 2.88. The van der Waals surface area contributed by atoms with Gasteiger partial charge in [-0.25, -0.2) is 4.39 Å². The first-order valence-corrected chi connectivity index (χ1v) is 6.22. The molecular formula is C14H18FNO2. The molecule has 1 fully saturated rings. The highest BCUT2D eigenvalue weighted by molar-refractivity contribution is 5.89. The summed E-state index contributed by atoms with van der Waals surface area (Å²) in [5.74, 6) is -0.245. The van der Waals surface area contributed by atoms with Gasteiger partial charge in [-0.15, -0.1) is 0 Å². The molecule has 1 aliphatic carbocycles. The largest absolute Gasteiger partial charge is 0.383 e. The highest BCUT2D eigenvalue weighted by Crippen LogP contribution is 2.43. The Morgan fingerprint density at radius 2 is 2.06 bits per heavy atom. The zero-order valence-electron chi connectivity index (χ0n) is 10.5.